The van der Waals surface area contributed by atoms with Crippen LogP contribution >= 0.6 is 0 Å². The SMILES string of the molecule is C[C@H](N)c1cc(F)ccc1N(C)Cc1ccccc1F. The van der Waals surface area contributed by atoms with Gasteiger partial charge in [0.15, 0.2) is 0 Å². The third-order valence-corrected chi connectivity index (χ3v) is 3.26. The summed E-state index contributed by atoms with van der Waals surface area (Å²) in [6.45, 7) is 2.20. The highest BCUT2D eigenvalue weighted by atomic mass is 19.1. The van der Waals surface area contributed by atoms with E-state index in [2.05, 4.69) is 0 Å². The molecule has 2 nitrogen and oxygen atoms in total. The Labute approximate surface area is 117 Å². The lowest BCUT2D eigenvalue weighted by Gasteiger charge is -2.24. The molecule has 0 spiro atoms. The Morgan fingerprint density at radius 2 is 1.85 bits per heavy atom. The number of anilines is 1. The maximum Gasteiger partial charge on any atom is 0.128 e. The number of nitrogens with two attached hydrogens (primary N) is 1. The fourth-order valence-corrected chi connectivity index (χ4v) is 2.21. The molecule has 0 heterocycles. The van der Waals surface area contributed by atoms with Crippen molar-refractivity contribution in [3.05, 3.63) is 65.2 Å². The summed E-state index contributed by atoms with van der Waals surface area (Å²) in [5, 5.41) is 0. The zero-order valence-electron chi connectivity index (χ0n) is 11.6. The summed E-state index contributed by atoms with van der Waals surface area (Å²) in [7, 11) is 1.84. The van der Waals surface area contributed by atoms with Gasteiger partial charge in [0.2, 0.25) is 0 Å². The van der Waals surface area contributed by atoms with Crippen molar-refractivity contribution in [2.75, 3.05) is 11.9 Å². The average molecular weight is 276 g/mol. The molecule has 4 heteroatoms. The minimum atomic E-state index is -0.319. The monoisotopic (exact) mass is 276 g/mol. The van der Waals surface area contributed by atoms with E-state index < -0.39 is 0 Å². The van der Waals surface area contributed by atoms with Gasteiger partial charge >= 0.3 is 0 Å². The quantitative estimate of drug-likeness (QED) is 0.924. The minimum Gasteiger partial charge on any atom is -0.370 e. The van der Waals surface area contributed by atoms with E-state index >= 15 is 0 Å². The maximum absolute atomic E-state index is 13.7. The van der Waals surface area contributed by atoms with Crippen molar-refractivity contribution in [2.24, 2.45) is 5.73 Å². The van der Waals surface area contributed by atoms with Crippen LogP contribution in [0.5, 0.6) is 0 Å². The molecule has 0 aromatic heterocycles. The summed E-state index contributed by atoms with van der Waals surface area (Å²) in [5.41, 5.74) is 7.99. The molecule has 0 radical (unpaired) electrons. The summed E-state index contributed by atoms with van der Waals surface area (Å²) >= 11 is 0. The third-order valence-electron chi connectivity index (χ3n) is 3.26. The number of halogens is 2. The first-order valence-corrected chi connectivity index (χ1v) is 6.48. The van der Waals surface area contributed by atoms with E-state index in [-0.39, 0.29) is 17.7 Å². The van der Waals surface area contributed by atoms with Gasteiger partial charge < -0.3 is 10.6 Å². The van der Waals surface area contributed by atoms with Crippen LogP contribution in [0.4, 0.5) is 14.5 Å². The molecule has 2 aromatic carbocycles. The van der Waals surface area contributed by atoms with Crippen LogP contribution in [0.15, 0.2) is 42.5 Å². The first-order valence-electron chi connectivity index (χ1n) is 6.48. The summed E-state index contributed by atoms with van der Waals surface area (Å²) in [5.74, 6) is -0.566. The van der Waals surface area contributed by atoms with Crippen LogP contribution in [0.1, 0.15) is 24.1 Å². The van der Waals surface area contributed by atoms with Crippen LogP contribution < -0.4 is 10.6 Å². The Morgan fingerprint density at radius 1 is 1.15 bits per heavy atom. The van der Waals surface area contributed by atoms with Gasteiger partial charge in [0.1, 0.15) is 11.6 Å². The van der Waals surface area contributed by atoms with Crippen molar-refractivity contribution in [1.82, 2.24) is 0 Å². The van der Waals surface area contributed by atoms with Gasteiger partial charge in [0, 0.05) is 30.9 Å². The molecule has 0 saturated heterocycles. The Balaban J connectivity index is 2.30. The number of hydrogen-bond donors (Lipinski definition) is 1. The van der Waals surface area contributed by atoms with E-state index in [0.717, 1.165) is 5.69 Å². The Kier molecular flexibility index (Phi) is 4.35. The zero-order valence-corrected chi connectivity index (χ0v) is 11.6. The first-order chi connectivity index (χ1) is 9.49. The van der Waals surface area contributed by atoms with E-state index in [0.29, 0.717) is 17.7 Å². The summed E-state index contributed by atoms with van der Waals surface area (Å²) in [6.07, 6.45) is 0. The van der Waals surface area contributed by atoms with E-state index in [1.165, 1.54) is 18.2 Å². The minimum absolute atomic E-state index is 0.246. The molecule has 0 amide bonds. The van der Waals surface area contributed by atoms with Gasteiger partial charge in [0.05, 0.1) is 0 Å². The molecule has 106 valence electrons. The van der Waals surface area contributed by atoms with Crippen molar-refractivity contribution in [3.63, 3.8) is 0 Å². The number of rotatable bonds is 4. The Hall–Kier alpha value is -1.94. The van der Waals surface area contributed by atoms with Gasteiger partial charge in [-0.2, -0.15) is 0 Å². The fraction of sp³-hybridized carbons (Fsp3) is 0.250. The molecule has 20 heavy (non-hydrogen) atoms. The van der Waals surface area contributed by atoms with Gasteiger partial charge in [-0.25, -0.2) is 8.78 Å². The summed E-state index contributed by atoms with van der Waals surface area (Å²) in [6, 6.07) is 10.8. The predicted octanol–water partition coefficient (Wildman–Crippen LogP) is 3.62. The average Bonchev–Trinajstić information content (AvgIpc) is 2.41. The third kappa shape index (κ3) is 3.14. The lowest BCUT2D eigenvalue weighted by atomic mass is 10.1. The van der Waals surface area contributed by atoms with Crippen LogP contribution in [0, 0.1) is 11.6 Å². The van der Waals surface area contributed by atoms with Crippen molar-refractivity contribution >= 4 is 5.69 Å². The Bertz CT molecular complexity index is 597. The van der Waals surface area contributed by atoms with Crippen molar-refractivity contribution in [3.8, 4) is 0 Å². The lowest BCUT2D eigenvalue weighted by molar-refractivity contribution is 0.606. The largest absolute Gasteiger partial charge is 0.370 e. The topological polar surface area (TPSA) is 29.3 Å². The molecule has 2 aromatic rings. The van der Waals surface area contributed by atoms with Crippen molar-refractivity contribution in [2.45, 2.75) is 19.5 Å². The number of nitrogens with zero attached hydrogens (tertiary/aromatic N) is 1. The van der Waals surface area contributed by atoms with Gasteiger partial charge in [-0.15, -0.1) is 0 Å². The van der Waals surface area contributed by atoms with Crippen LogP contribution in [-0.4, -0.2) is 7.05 Å². The zero-order chi connectivity index (χ0) is 14.7. The molecule has 0 aliphatic heterocycles. The molecule has 0 bridgehead atoms. The predicted molar refractivity (Wildman–Crippen MR) is 77.5 cm³/mol. The van der Waals surface area contributed by atoms with Gasteiger partial charge in [-0.3, -0.25) is 0 Å². The fourth-order valence-electron chi connectivity index (χ4n) is 2.21. The highest BCUT2D eigenvalue weighted by Gasteiger charge is 2.13. The molecule has 1 atom stereocenters. The van der Waals surface area contributed by atoms with Crippen molar-refractivity contribution in [1.29, 1.82) is 0 Å². The van der Waals surface area contributed by atoms with Gasteiger partial charge in [0.25, 0.3) is 0 Å². The van der Waals surface area contributed by atoms with E-state index in [1.54, 1.807) is 31.2 Å². The van der Waals surface area contributed by atoms with Gasteiger partial charge in [-0.1, -0.05) is 18.2 Å². The highest BCUT2D eigenvalue weighted by molar-refractivity contribution is 5.55. The van der Waals surface area contributed by atoms with Gasteiger partial charge in [-0.05, 0) is 36.8 Å². The smallest absolute Gasteiger partial charge is 0.128 e. The van der Waals surface area contributed by atoms with Crippen molar-refractivity contribution < 1.29 is 8.78 Å². The van der Waals surface area contributed by atoms with Crippen LogP contribution in [0.3, 0.4) is 0 Å². The molecular weight excluding hydrogens is 258 g/mol. The standard InChI is InChI=1S/C16H18F2N2/c1-11(19)14-9-13(17)7-8-16(14)20(2)10-12-5-3-4-6-15(12)18/h3-9,11H,10,19H2,1-2H3/t11-/m0/s1. The highest BCUT2D eigenvalue weighted by Crippen LogP contribution is 2.26. The second-order valence-electron chi connectivity index (χ2n) is 4.94. The lowest BCUT2D eigenvalue weighted by Crippen LogP contribution is -2.21. The molecule has 0 saturated carbocycles. The maximum atomic E-state index is 13.7. The molecule has 2 rings (SSSR count). The first kappa shape index (κ1) is 14.5. The number of hydrogen-bond acceptors (Lipinski definition) is 2. The van der Waals surface area contributed by atoms with E-state index in [1.807, 2.05) is 11.9 Å². The van der Waals surface area contributed by atoms with E-state index in [9.17, 15) is 8.78 Å². The molecule has 0 aliphatic carbocycles. The van der Waals surface area contributed by atoms with E-state index in [4.69, 9.17) is 5.73 Å². The number of benzene rings is 2. The van der Waals surface area contributed by atoms with Crippen LogP contribution in [0.2, 0.25) is 0 Å². The molecule has 0 fully saturated rings. The second-order valence-corrected chi connectivity index (χ2v) is 4.94. The normalized spacial score (nSPS) is 12.2. The summed E-state index contributed by atoms with van der Waals surface area (Å²) < 4.78 is 27.0. The molecular formula is C16H18F2N2. The molecule has 2 N–H and O–H groups in total. The van der Waals surface area contributed by atoms with Crippen LogP contribution in [-0.2, 0) is 6.54 Å². The molecule has 0 aliphatic rings. The molecule has 0 unspecified atom stereocenters. The second kappa shape index (κ2) is 6.01. The van der Waals surface area contributed by atoms with Crippen LogP contribution in [0.25, 0.3) is 0 Å². The Morgan fingerprint density at radius 3 is 2.50 bits per heavy atom. The summed E-state index contributed by atoms with van der Waals surface area (Å²) in [4.78, 5) is 1.87.